The van der Waals surface area contributed by atoms with Crippen molar-refractivity contribution >= 4 is 11.8 Å². The van der Waals surface area contributed by atoms with Gasteiger partial charge in [-0.05, 0) is 25.5 Å². The third-order valence-electron chi connectivity index (χ3n) is 3.48. The zero-order chi connectivity index (χ0) is 15.2. The number of aryl methyl sites for hydroxylation is 1. The van der Waals surface area contributed by atoms with Gasteiger partial charge in [0.25, 0.3) is 5.91 Å². The average molecular weight is 287 g/mol. The molecule has 1 aliphatic carbocycles. The van der Waals surface area contributed by atoms with E-state index in [9.17, 15) is 9.59 Å². The summed E-state index contributed by atoms with van der Waals surface area (Å²) < 4.78 is 0. The number of rotatable bonds is 5. The smallest absolute Gasteiger partial charge is 0.251 e. The molecule has 2 rings (SSSR count). The van der Waals surface area contributed by atoms with Gasteiger partial charge in [0.05, 0.1) is 5.92 Å². The summed E-state index contributed by atoms with van der Waals surface area (Å²) in [6, 6.07) is 7.34. The van der Waals surface area contributed by atoms with E-state index in [2.05, 4.69) is 10.6 Å². The second-order valence-corrected chi connectivity index (χ2v) is 5.30. The Morgan fingerprint density at radius 3 is 2.43 bits per heavy atom. The van der Waals surface area contributed by atoms with Crippen LogP contribution in [0.15, 0.2) is 36.4 Å². The highest BCUT2D eigenvalue weighted by molar-refractivity contribution is 5.94. The van der Waals surface area contributed by atoms with Crippen LogP contribution in [0, 0.1) is 12.8 Å². The van der Waals surface area contributed by atoms with E-state index in [0.29, 0.717) is 25.1 Å². The van der Waals surface area contributed by atoms with Crippen molar-refractivity contribution in [2.24, 2.45) is 11.7 Å². The number of carbonyl (C=O) groups is 2. The number of hydrogen-bond acceptors (Lipinski definition) is 3. The summed E-state index contributed by atoms with van der Waals surface area (Å²) in [6.07, 6.45) is 4.34. The molecule has 2 amide bonds. The summed E-state index contributed by atoms with van der Waals surface area (Å²) in [5.41, 5.74) is 7.44. The Morgan fingerprint density at radius 1 is 1.14 bits per heavy atom. The van der Waals surface area contributed by atoms with E-state index in [1.54, 1.807) is 12.1 Å². The van der Waals surface area contributed by atoms with Crippen LogP contribution in [0.5, 0.6) is 0 Å². The van der Waals surface area contributed by atoms with E-state index < -0.39 is 0 Å². The molecule has 0 spiro atoms. The first-order valence-corrected chi connectivity index (χ1v) is 7.13. The molecular weight excluding hydrogens is 266 g/mol. The highest BCUT2D eigenvalue weighted by atomic mass is 16.2. The maximum atomic E-state index is 11.8. The Bertz CT molecular complexity index is 537. The molecule has 4 N–H and O–H groups in total. The molecule has 5 nitrogen and oxygen atoms in total. The molecule has 1 aromatic carbocycles. The van der Waals surface area contributed by atoms with Gasteiger partial charge in [0.15, 0.2) is 0 Å². The lowest BCUT2D eigenvalue weighted by molar-refractivity contribution is -0.123. The quantitative estimate of drug-likeness (QED) is 0.552. The normalized spacial score (nSPS) is 20.3. The van der Waals surface area contributed by atoms with E-state index in [1.807, 2.05) is 31.2 Å². The molecule has 0 radical (unpaired) electrons. The lowest BCUT2D eigenvalue weighted by atomic mass is 10.1. The van der Waals surface area contributed by atoms with Crippen LogP contribution in [0.25, 0.3) is 0 Å². The SMILES string of the molecule is Cc1ccc(C(=O)NCCNC(=O)C2C=CC(N)C2)cc1. The molecule has 112 valence electrons. The molecule has 21 heavy (non-hydrogen) atoms. The molecule has 0 heterocycles. The van der Waals surface area contributed by atoms with E-state index >= 15 is 0 Å². The minimum Gasteiger partial charge on any atom is -0.354 e. The van der Waals surface area contributed by atoms with E-state index in [0.717, 1.165) is 5.56 Å². The lowest BCUT2D eigenvalue weighted by Crippen LogP contribution is -2.37. The number of nitrogens with two attached hydrogens (primary N) is 1. The van der Waals surface area contributed by atoms with Crippen LogP contribution >= 0.6 is 0 Å². The van der Waals surface area contributed by atoms with Crippen LogP contribution in [-0.2, 0) is 4.79 Å². The molecule has 1 aromatic rings. The van der Waals surface area contributed by atoms with Crippen LogP contribution in [0.3, 0.4) is 0 Å². The minimum absolute atomic E-state index is 0.0259. The van der Waals surface area contributed by atoms with Gasteiger partial charge >= 0.3 is 0 Å². The molecular formula is C16H21N3O2. The largest absolute Gasteiger partial charge is 0.354 e. The lowest BCUT2D eigenvalue weighted by Gasteiger charge is -2.11. The second kappa shape index (κ2) is 7.04. The molecule has 0 bridgehead atoms. The van der Waals surface area contributed by atoms with Crippen molar-refractivity contribution in [2.75, 3.05) is 13.1 Å². The highest BCUT2D eigenvalue weighted by Crippen LogP contribution is 2.15. The third kappa shape index (κ3) is 4.43. The van der Waals surface area contributed by atoms with Crippen LogP contribution in [0.1, 0.15) is 22.3 Å². The van der Waals surface area contributed by atoms with Gasteiger partial charge in [0, 0.05) is 24.7 Å². The molecule has 0 aromatic heterocycles. The van der Waals surface area contributed by atoms with Crippen molar-refractivity contribution in [2.45, 2.75) is 19.4 Å². The highest BCUT2D eigenvalue weighted by Gasteiger charge is 2.22. The van der Waals surface area contributed by atoms with Crippen LogP contribution in [0.4, 0.5) is 0 Å². The van der Waals surface area contributed by atoms with Gasteiger partial charge in [-0.2, -0.15) is 0 Å². The maximum Gasteiger partial charge on any atom is 0.251 e. The van der Waals surface area contributed by atoms with Crippen molar-refractivity contribution in [1.29, 1.82) is 0 Å². The Labute approximate surface area is 124 Å². The van der Waals surface area contributed by atoms with Crippen molar-refractivity contribution in [3.05, 3.63) is 47.5 Å². The van der Waals surface area contributed by atoms with Crippen LogP contribution < -0.4 is 16.4 Å². The number of benzene rings is 1. The van der Waals surface area contributed by atoms with Gasteiger partial charge in [-0.1, -0.05) is 29.8 Å². The molecule has 2 atom stereocenters. The molecule has 5 heteroatoms. The fourth-order valence-corrected chi connectivity index (χ4v) is 2.22. The second-order valence-electron chi connectivity index (χ2n) is 5.30. The van der Waals surface area contributed by atoms with Gasteiger partial charge < -0.3 is 16.4 Å². The fraction of sp³-hybridized carbons (Fsp3) is 0.375. The average Bonchev–Trinajstić information content (AvgIpc) is 2.90. The topological polar surface area (TPSA) is 84.2 Å². The molecule has 0 fully saturated rings. The summed E-state index contributed by atoms with van der Waals surface area (Å²) in [7, 11) is 0. The summed E-state index contributed by atoms with van der Waals surface area (Å²) in [6.45, 7) is 2.79. The Kier molecular flexibility index (Phi) is 5.11. The van der Waals surface area contributed by atoms with Crippen molar-refractivity contribution < 1.29 is 9.59 Å². The first kappa shape index (κ1) is 15.3. The maximum absolute atomic E-state index is 11.8. The van der Waals surface area contributed by atoms with E-state index in [4.69, 9.17) is 5.73 Å². The van der Waals surface area contributed by atoms with E-state index in [-0.39, 0.29) is 23.8 Å². The van der Waals surface area contributed by atoms with Gasteiger partial charge in [-0.25, -0.2) is 0 Å². The van der Waals surface area contributed by atoms with Gasteiger partial charge in [-0.15, -0.1) is 0 Å². The number of hydrogen-bond donors (Lipinski definition) is 3. The standard InChI is InChI=1S/C16H21N3O2/c1-11-2-4-12(5-3-11)15(20)18-8-9-19-16(21)13-6-7-14(17)10-13/h2-7,13-14H,8-10,17H2,1H3,(H,18,20)(H,19,21). The van der Waals surface area contributed by atoms with Gasteiger partial charge in [-0.3, -0.25) is 9.59 Å². The third-order valence-corrected chi connectivity index (χ3v) is 3.48. The summed E-state index contributed by atoms with van der Waals surface area (Å²) in [4.78, 5) is 23.7. The van der Waals surface area contributed by atoms with Crippen molar-refractivity contribution in [3.63, 3.8) is 0 Å². The predicted octanol–water partition coefficient (Wildman–Crippen LogP) is 0.744. The minimum atomic E-state index is -0.146. The molecule has 2 unspecified atom stereocenters. The fourth-order valence-electron chi connectivity index (χ4n) is 2.22. The molecule has 0 saturated carbocycles. The molecule has 1 aliphatic rings. The van der Waals surface area contributed by atoms with Crippen molar-refractivity contribution in [1.82, 2.24) is 10.6 Å². The monoisotopic (exact) mass is 287 g/mol. The Morgan fingerprint density at radius 2 is 1.81 bits per heavy atom. The number of carbonyl (C=O) groups excluding carboxylic acids is 2. The van der Waals surface area contributed by atoms with Gasteiger partial charge in [0.2, 0.25) is 5.91 Å². The molecule has 0 aliphatic heterocycles. The van der Waals surface area contributed by atoms with Crippen LogP contribution in [0.2, 0.25) is 0 Å². The first-order valence-electron chi connectivity index (χ1n) is 7.13. The van der Waals surface area contributed by atoms with Gasteiger partial charge in [0.1, 0.15) is 0 Å². The Balaban J connectivity index is 1.67. The first-order chi connectivity index (χ1) is 10.1. The van der Waals surface area contributed by atoms with E-state index in [1.165, 1.54) is 0 Å². The number of nitrogens with one attached hydrogen (secondary N) is 2. The van der Waals surface area contributed by atoms with Crippen molar-refractivity contribution in [3.8, 4) is 0 Å². The Hall–Kier alpha value is -2.14. The summed E-state index contributed by atoms with van der Waals surface area (Å²) >= 11 is 0. The summed E-state index contributed by atoms with van der Waals surface area (Å²) in [5, 5.41) is 5.58. The summed E-state index contributed by atoms with van der Waals surface area (Å²) in [5.74, 6) is -0.316. The molecule has 0 saturated heterocycles. The zero-order valence-corrected chi connectivity index (χ0v) is 12.1. The number of amides is 2. The predicted molar refractivity (Wildman–Crippen MR) is 81.7 cm³/mol. The zero-order valence-electron chi connectivity index (χ0n) is 12.1. The van der Waals surface area contributed by atoms with Crippen LogP contribution in [-0.4, -0.2) is 30.9 Å².